The van der Waals surface area contributed by atoms with Crippen molar-refractivity contribution in [1.29, 1.82) is 0 Å². The van der Waals surface area contributed by atoms with E-state index < -0.39 is 16.1 Å². The zero-order valence-corrected chi connectivity index (χ0v) is 18.5. The second-order valence-electron chi connectivity index (χ2n) is 7.78. The molecule has 0 saturated carbocycles. The molecule has 1 heterocycles. The third-order valence-electron chi connectivity index (χ3n) is 5.61. The molecule has 0 radical (unpaired) electrons. The van der Waals surface area contributed by atoms with Gasteiger partial charge >= 0.3 is 0 Å². The van der Waals surface area contributed by atoms with Gasteiger partial charge in [0.1, 0.15) is 5.75 Å². The summed E-state index contributed by atoms with van der Waals surface area (Å²) in [5.74, 6) is 0.528. The number of piperazine rings is 1. The first-order valence-electron chi connectivity index (χ1n) is 10.4. The van der Waals surface area contributed by atoms with Gasteiger partial charge in [-0.25, -0.2) is 8.42 Å². The first kappa shape index (κ1) is 21.3. The Bertz CT molecular complexity index is 1180. The molecule has 4 rings (SSSR count). The van der Waals surface area contributed by atoms with E-state index in [9.17, 15) is 13.2 Å². The van der Waals surface area contributed by atoms with Crippen LogP contribution in [0.3, 0.4) is 0 Å². The molecule has 0 spiro atoms. The van der Waals surface area contributed by atoms with Crippen molar-refractivity contribution < 1.29 is 17.9 Å². The van der Waals surface area contributed by atoms with Gasteiger partial charge in [0.2, 0.25) is 10.0 Å². The highest BCUT2D eigenvalue weighted by molar-refractivity contribution is 7.89. The van der Waals surface area contributed by atoms with Crippen molar-refractivity contribution in [3.63, 3.8) is 0 Å². The summed E-state index contributed by atoms with van der Waals surface area (Å²) in [7, 11) is -3.56. The predicted molar refractivity (Wildman–Crippen MR) is 121 cm³/mol. The van der Waals surface area contributed by atoms with Crippen molar-refractivity contribution in [1.82, 2.24) is 9.21 Å². The number of hydrogen-bond acceptors (Lipinski definition) is 4. The van der Waals surface area contributed by atoms with Crippen LogP contribution in [0.4, 0.5) is 0 Å². The maximum Gasteiger partial charge on any atom is 0.263 e. The number of sulfonamides is 1. The SMILES string of the molecule is Cc1ccc(S(=O)(=O)N2CCN(C(=O)C(C)Oc3cccc4ccccc34)CC2)cc1. The van der Waals surface area contributed by atoms with E-state index in [0.717, 1.165) is 16.3 Å². The lowest BCUT2D eigenvalue weighted by atomic mass is 10.1. The molecule has 1 fully saturated rings. The Morgan fingerprint density at radius 3 is 2.26 bits per heavy atom. The van der Waals surface area contributed by atoms with Gasteiger partial charge in [-0.15, -0.1) is 0 Å². The Labute approximate surface area is 183 Å². The van der Waals surface area contributed by atoms with E-state index in [1.165, 1.54) is 4.31 Å². The van der Waals surface area contributed by atoms with Crippen LogP contribution in [0.2, 0.25) is 0 Å². The Morgan fingerprint density at radius 1 is 0.903 bits per heavy atom. The fourth-order valence-corrected chi connectivity index (χ4v) is 5.23. The van der Waals surface area contributed by atoms with Crippen LogP contribution >= 0.6 is 0 Å². The molecule has 1 saturated heterocycles. The highest BCUT2D eigenvalue weighted by atomic mass is 32.2. The summed E-state index contributed by atoms with van der Waals surface area (Å²) in [5.41, 5.74) is 1.01. The zero-order valence-electron chi connectivity index (χ0n) is 17.7. The number of amides is 1. The highest BCUT2D eigenvalue weighted by Crippen LogP contribution is 2.26. The Hall–Kier alpha value is -2.90. The smallest absolute Gasteiger partial charge is 0.263 e. The standard InChI is InChI=1S/C24H26N2O4S/c1-18-10-12-21(13-11-18)31(28,29)26-16-14-25(15-17-26)24(27)19(2)30-23-9-5-7-20-6-3-4-8-22(20)23/h3-13,19H,14-17H2,1-2H3. The Balaban J connectivity index is 1.40. The summed E-state index contributed by atoms with van der Waals surface area (Å²) in [6, 6.07) is 20.5. The van der Waals surface area contributed by atoms with Gasteiger partial charge in [-0.3, -0.25) is 4.79 Å². The molecule has 3 aromatic rings. The van der Waals surface area contributed by atoms with Crippen LogP contribution in [0.5, 0.6) is 5.75 Å². The minimum Gasteiger partial charge on any atom is -0.480 e. The summed E-state index contributed by atoms with van der Waals surface area (Å²) in [6.07, 6.45) is -0.661. The number of hydrogen-bond donors (Lipinski definition) is 0. The molecule has 1 amide bonds. The maximum absolute atomic E-state index is 12.9. The number of carbonyl (C=O) groups is 1. The molecule has 1 aliphatic rings. The van der Waals surface area contributed by atoms with Crippen molar-refractivity contribution in [2.45, 2.75) is 24.8 Å². The van der Waals surface area contributed by atoms with Gasteiger partial charge < -0.3 is 9.64 Å². The van der Waals surface area contributed by atoms with E-state index >= 15 is 0 Å². The lowest BCUT2D eigenvalue weighted by Gasteiger charge is -2.35. The van der Waals surface area contributed by atoms with E-state index in [0.29, 0.717) is 18.8 Å². The van der Waals surface area contributed by atoms with Crippen molar-refractivity contribution in [2.75, 3.05) is 26.2 Å². The number of aryl methyl sites for hydroxylation is 1. The molecule has 31 heavy (non-hydrogen) atoms. The van der Waals surface area contributed by atoms with Gasteiger partial charge in [-0.2, -0.15) is 4.31 Å². The van der Waals surface area contributed by atoms with Crippen LogP contribution in [0, 0.1) is 6.92 Å². The van der Waals surface area contributed by atoms with E-state index in [-0.39, 0.29) is 23.9 Å². The molecule has 6 nitrogen and oxygen atoms in total. The number of ether oxygens (including phenoxy) is 1. The van der Waals surface area contributed by atoms with Crippen LogP contribution in [-0.4, -0.2) is 55.8 Å². The summed E-state index contributed by atoms with van der Waals surface area (Å²) >= 11 is 0. The monoisotopic (exact) mass is 438 g/mol. The minimum atomic E-state index is -3.56. The number of rotatable bonds is 5. The fourth-order valence-electron chi connectivity index (χ4n) is 3.80. The van der Waals surface area contributed by atoms with Gasteiger partial charge in [0, 0.05) is 31.6 Å². The maximum atomic E-state index is 12.9. The molecular weight excluding hydrogens is 412 g/mol. The fraction of sp³-hybridized carbons (Fsp3) is 0.292. The zero-order chi connectivity index (χ0) is 22.0. The molecule has 0 bridgehead atoms. The molecule has 0 N–H and O–H groups in total. The average molecular weight is 439 g/mol. The van der Waals surface area contributed by atoms with E-state index in [1.807, 2.05) is 49.4 Å². The summed E-state index contributed by atoms with van der Waals surface area (Å²) < 4.78 is 33.2. The first-order valence-corrected chi connectivity index (χ1v) is 11.8. The third kappa shape index (κ3) is 4.43. The van der Waals surface area contributed by atoms with E-state index in [2.05, 4.69) is 0 Å². The molecule has 162 valence electrons. The van der Waals surface area contributed by atoms with Crippen molar-refractivity contribution >= 4 is 26.7 Å². The van der Waals surface area contributed by atoms with Gasteiger partial charge in [0.25, 0.3) is 5.91 Å². The number of benzene rings is 3. The van der Waals surface area contributed by atoms with Crippen LogP contribution < -0.4 is 4.74 Å². The molecule has 1 atom stereocenters. The average Bonchev–Trinajstić information content (AvgIpc) is 2.79. The minimum absolute atomic E-state index is 0.139. The summed E-state index contributed by atoms with van der Waals surface area (Å²) in [4.78, 5) is 14.9. The molecule has 1 unspecified atom stereocenters. The summed E-state index contributed by atoms with van der Waals surface area (Å²) in [5, 5.41) is 2.01. The lowest BCUT2D eigenvalue weighted by molar-refractivity contribution is -0.139. The molecule has 7 heteroatoms. The third-order valence-corrected chi connectivity index (χ3v) is 7.52. The van der Waals surface area contributed by atoms with Crippen LogP contribution in [0.25, 0.3) is 10.8 Å². The number of nitrogens with zero attached hydrogens (tertiary/aromatic N) is 2. The normalized spacial score (nSPS) is 16.3. The van der Waals surface area contributed by atoms with Gasteiger partial charge in [-0.05, 0) is 37.4 Å². The Kier molecular flexibility index (Phi) is 5.98. The topological polar surface area (TPSA) is 66.9 Å². The molecule has 3 aromatic carbocycles. The summed E-state index contributed by atoms with van der Waals surface area (Å²) in [6.45, 7) is 4.87. The predicted octanol–water partition coefficient (Wildman–Crippen LogP) is 3.45. The van der Waals surface area contributed by atoms with E-state index in [1.54, 1.807) is 36.1 Å². The number of fused-ring (bicyclic) bond motifs is 1. The van der Waals surface area contributed by atoms with Gasteiger partial charge in [0.05, 0.1) is 4.90 Å². The van der Waals surface area contributed by atoms with E-state index in [4.69, 9.17) is 4.74 Å². The first-order chi connectivity index (χ1) is 14.9. The molecule has 0 aliphatic carbocycles. The molecular formula is C24H26N2O4S. The molecule has 1 aliphatic heterocycles. The quantitative estimate of drug-likeness (QED) is 0.612. The van der Waals surface area contributed by atoms with Crippen LogP contribution in [-0.2, 0) is 14.8 Å². The second kappa shape index (κ2) is 8.69. The largest absolute Gasteiger partial charge is 0.480 e. The van der Waals surface area contributed by atoms with Crippen molar-refractivity contribution in [3.05, 3.63) is 72.3 Å². The lowest BCUT2D eigenvalue weighted by Crippen LogP contribution is -2.53. The van der Waals surface area contributed by atoms with Gasteiger partial charge in [0.15, 0.2) is 6.10 Å². The van der Waals surface area contributed by atoms with Crippen molar-refractivity contribution in [2.24, 2.45) is 0 Å². The number of carbonyl (C=O) groups excluding carboxylic acids is 1. The van der Waals surface area contributed by atoms with Crippen LogP contribution in [0.15, 0.2) is 71.6 Å². The van der Waals surface area contributed by atoms with Gasteiger partial charge in [-0.1, -0.05) is 54.1 Å². The van der Waals surface area contributed by atoms with Crippen LogP contribution in [0.1, 0.15) is 12.5 Å². The highest BCUT2D eigenvalue weighted by Gasteiger charge is 2.32. The second-order valence-corrected chi connectivity index (χ2v) is 9.72. The van der Waals surface area contributed by atoms with Crippen molar-refractivity contribution in [3.8, 4) is 5.75 Å². The Morgan fingerprint density at radius 2 is 1.55 bits per heavy atom. The molecule has 0 aromatic heterocycles.